The maximum Gasteiger partial charge on any atom is 0.258 e. The van der Waals surface area contributed by atoms with E-state index in [0.717, 1.165) is 11.3 Å². The van der Waals surface area contributed by atoms with Crippen molar-refractivity contribution in [1.82, 2.24) is 5.32 Å². The van der Waals surface area contributed by atoms with Crippen LogP contribution in [0.1, 0.15) is 25.8 Å². The third kappa shape index (κ3) is 1.95. The summed E-state index contributed by atoms with van der Waals surface area (Å²) in [7, 11) is 1.66. The lowest BCUT2D eigenvalue weighted by atomic mass is 9.67. The minimum absolute atomic E-state index is 0.0903. The van der Waals surface area contributed by atoms with Crippen LogP contribution in [0.2, 0.25) is 0 Å². The molecule has 0 radical (unpaired) electrons. The molecule has 2 unspecified atom stereocenters. The first-order valence-electron chi connectivity index (χ1n) is 7.14. The largest absolute Gasteiger partial charge is 0.487 e. The van der Waals surface area contributed by atoms with Crippen molar-refractivity contribution in [1.29, 1.82) is 0 Å². The fraction of sp³-hybridized carbons (Fsp3) is 0.500. The summed E-state index contributed by atoms with van der Waals surface area (Å²) >= 11 is 0. The van der Waals surface area contributed by atoms with Crippen molar-refractivity contribution in [3.63, 3.8) is 0 Å². The number of nitrogens with one attached hydrogen (secondary N) is 1. The van der Waals surface area contributed by atoms with Crippen LogP contribution in [-0.4, -0.2) is 31.6 Å². The average molecular weight is 288 g/mol. The molecule has 2 aliphatic rings. The normalized spacial score (nSPS) is 29.1. The van der Waals surface area contributed by atoms with Crippen molar-refractivity contribution >= 4 is 12.2 Å². The molecule has 1 aromatic rings. The Labute approximate surface area is 124 Å². The Kier molecular flexibility index (Phi) is 3.24. The van der Waals surface area contributed by atoms with Crippen molar-refractivity contribution in [2.75, 3.05) is 13.7 Å². The zero-order chi connectivity index (χ0) is 15.1. The van der Waals surface area contributed by atoms with Gasteiger partial charge in [-0.1, -0.05) is 18.2 Å². The van der Waals surface area contributed by atoms with E-state index >= 15 is 0 Å². The Morgan fingerprint density at radius 1 is 1.38 bits per heavy atom. The minimum Gasteiger partial charge on any atom is -0.487 e. The second kappa shape index (κ2) is 4.84. The first kappa shape index (κ1) is 14.1. The topological polar surface area (TPSA) is 59.9 Å². The number of ether oxygens (including phenoxy) is 2. The minimum atomic E-state index is -0.920. The van der Waals surface area contributed by atoms with Crippen LogP contribution in [0.4, 0.5) is 0 Å². The third-order valence-corrected chi connectivity index (χ3v) is 4.43. The molecule has 0 bridgehead atoms. The van der Waals surface area contributed by atoms with Gasteiger partial charge in [0.1, 0.15) is 11.4 Å². The first-order valence-corrected chi connectivity index (χ1v) is 7.14. The van der Waals surface area contributed by atoms with Crippen molar-refractivity contribution in [2.24, 2.45) is 10.9 Å². The van der Waals surface area contributed by atoms with Gasteiger partial charge in [0.05, 0.1) is 6.34 Å². The van der Waals surface area contributed by atoms with E-state index in [1.807, 2.05) is 38.1 Å². The fourth-order valence-corrected chi connectivity index (χ4v) is 3.51. The summed E-state index contributed by atoms with van der Waals surface area (Å²) in [4.78, 5) is 17.2. The molecule has 2 atom stereocenters. The van der Waals surface area contributed by atoms with Gasteiger partial charge in [-0.3, -0.25) is 9.79 Å². The summed E-state index contributed by atoms with van der Waals surface area (Å²) in [6, 6.07) is 7.64. The highest BCUT2D eigenvalue weighted by Crippen LogP contribution is 2.52. The van der Waals surface area contributed by atoms with Crippen LogP contribution >= 0.6 is 0 Å². The van der Waals surface area contributed by atoms with Crippen molar-refractivity contribution in [2.45, 2.75) is 31.4 Å². The Hall–Kier alpha value is -1.88. The molecule has 0 aliphatic carbocycles. The number of rotatable bonds is 3. The van der Waals surface area contributed by atoms with E-state index in [1.165, 1.54) is 6.34 Å². The van der Waals surface area contributed by atoms with Crippen molar-refractivity contribution < 1.29 is 14.3 Å². The molecule has 3 rings (SSSR count). The smallest absolute Gasteiger partial charge is 0.258 e. The van der Waals surface area contributed by atoms with Gasteiger partial charge in [-0.05, 0) is 26.3 Å². The molecule has 0 saturated heterocycles. The zero-order valence-electron chi connectivity index (χ0n) is 12.6. The Morgan fingerprint density at radius 3 is 2.81 bits per heavy atom. The predicted molar refractivity (Wildman–Crippen MR) is 79.4 cm³/mol. The molecular formula is C16H20N2O3. The van der Waals surface area contributed by atoms with Gasteiger partial charge in [0.15, 0.2) is 5.54 Å². The van der Waals surface area contributed by atoms with Crippen LogP contribution in [0.25, 0.3) is 0 Å². The van der Waals surface area contributed by atoms with Gasteiger partial charge < -0.3 is 14.8 Å². The number of hydrogen-bond acceptors (Lipinski definition) is 4. The van der Waals surface area contributed by atoms with E-state index in [9.17, 15) is 4.79 Å². The Balaban J connectivity index is 2.18. The van der Waals surface area contributed by atoms with E-state index in [-0.39, 0.29) is 11.8 Å². The van der Waals surface area contributed by atoms with E-state index in [4.69, 9.17) is 9.47 Å². The van der Waals surface area contributed by atoms with Gasteiger partial charge >= 0.3 is 0 Å². The number of para-hydroxylation sites is 1. The Bertz CT molecular complexity index is 597. The average Bonchev–Trinajstić information content (AvgIpc) is 2.81. The molecule has 5 heteroatoms. The van der Waals surface area contributed by atoms with Gasteiger partial charge in [-0.2, -0.15) is 0 Å². The maximum atomic E-state index is 12.6. The number of carbonyl (C=O) groups is 1. The van der Waals surface area contributed by atoms with Crippen molar-refractivity contribution in [3.8, 4) is 5.75 Å². The van der Waals surface area contributed by atoms with Crippen LogP contribution < -0.4 is 10.1 Å². The summed E-state index contributed by atoms with van der Waals surface area (Å²) < 4.78 is 11.4. The monoisotopic (exact) mass is 288 g/mol. The van der Waals surface area contributed by atoms with Gasteiger partial charge in [0, 0.05) is 25.2 Å². The second-order valence-electron chi connectivity index (χ2n) is 6.03. The van der Waals surface area contributed by atoms with Gasteiger partial charge in [-0.25, -0.2) is 0 Å². The maximum absolute atomic E-state index is 12.6. The lowest BCUT2D eigenvalue weighted by Crippen LogP contribution is -2.57. The van der Waals surface area contributed by atoms with Crippen LogP contribution in [0.15, 0.2) is 29.3 Å². The predicted octanol–water partition coefficient (Wildman–Crippen LogP) is 1.86. The highest BCUT2D eigenvalue weighted by Gasteiger charge is 2.59. The SMILES string of the molecule is COCCC1C(C)(C)Oc2ccccc2C12N=CNC2=O. The molecule has 112 valence electrons. The van der Waals surface area contributed by atoms with E-state index in [1.54, 1.807) is 7.11 Å². The number of fused-ring (bicyclic) bond motifs is 2. The Morgan fingerprint density at radius 2 is 2.14 bits per heavy atom. The molecule has 1 spiro atoms. The van der Waals surface area contributed by atoms with Crippen LogP contribution in [0, 0.1) is 5.92 Å². The molecular weight excluding hydrogens is 268 g/mol. The number of benzene rings is 1. The molecule has 5 nitrogen and oxygen atoms in total. The zero-order valence-corrected chi connectivity index (χ0v) is 12.6. The fourth-order valence-electron chi connectivity index (χ4n) is 3.51. The first-order chi connectivity index (χ1) is 10.0. The number of carbonyl (C=O) groups excluding carboxylic acids is 1. The van der Waals surface area contributed by atoms with Crippen LogP contribution in [0.5, 0.6) is 5.75 Å². The summed E-state index contributed by atoms with van der Waals surface area (Å²) in [6.07, 6.45) is 2.20. The molecule has 1 aromatic carbocycles. The molecule has 0 aromatic heterocycles. The number of hydrogen-bond donors (Lipinski definition) is 1. The van der Waals surface area contributed by atoms with Gasteiger partial charge in [0.25, 0.3) is 5.91 Å². The molecule has 1 N–H and O–H groups in total. The highest BCUT2D eigenvalue weighted by atomic mass is 16.5. The number of aliphatic imine (C=N–C) groups is 1. The van der Waals surface area contributed by atoms with Gasteiger partial charge in [0.2, 0.25) is 0 Å². The third-order valence-electron chi connectivity index (χ3n) is 4.43. The summed E-state index contributed by atoms with van der Waals surface area (Å²) in [5.74, 6) is 0.538. The number of amides is 1. The lowest BCUT2D eigenvalue weighted by Gasteiger charge is -2.48. The molecule has 21 heavy (non-hydrogen) atoms. The molecule has 2 aliphatic heterocycles. The van der Waals surface area contributed by atoms with E-state index < -0.39 is 11.1 Å². The van der Waals surface area contributed by atoms with Gasteiger partial charge in [-0.15, -0.1) is 0 Å². The second-order valence-corrected chi connectivity index (χ2v) is 6.03. The summed E-state index contributed by atoms with van der Waals surface area (Å²) in [5.41, 5.74) is -0.598. The quantitative estimate of drug-likeness (QED) is 0.923. The summed E-state index contributed by atoms with van der Waals surface area (Å²) in [6.45, 7) is 4.57. The van der Waals surface area contributed by atoms with Crippen LogP contribution in [0.3, 0.4) is 0 Å². The number of methoxy groups -OCH3 is 1. The molecule has 2 heterocycles. The number of nitrogens with zero attached hydrogens (tertiary/aromatic N) is 1. The standard InChI is InChI=1S/C16H20N2O3/c1-15(2)13(8-9-20-3)16(14(19)17-10-18-16)11-6-4-5-7-12(11)21-15/h4-7,10,13H,8-9H2,1-3H3,(H,17,18,19). The highest BCUT2D eigenvalue weighted by molar-refractivity contribution is 6.01. The molecule has 1 amide bonds. The molecule has 0 fully saturated rings. The molecule has 0 saturated carbocycles. The lowest BCUT2D eigenvalue weighted by molar-refractivity contribution is -0.132. The van der Waals surface area contributed by atoms with Crippen molar-refractivity contribution in [3.05, 3.63) is 29.8 Å². The summed E-state index contributed by atoms with van der Waals surface area (Å²) in [5, 5.41) is 2.74. The van der Waals surface area contributed by atoms with E-state index in [2.05, 4.69) is 10.3 Å². The van der Waals surface area contributed by atoms with E-state index in [0.29, 0.717) is 13.0 Å². The van der Waals surface area contributed by atoms with Crippen LogP contribution in [-0.2, 0) is 15.1 Å².